The lowest BCUT2D eigenvalue weighted by molar-refractivity contribution is 0.0526. The minimum Gasteiger partial charge on any atom is -0.495 e. The zero-order chi connectivity index (χ0) is 16.0. The molecule has 21 heavy (non-hydrogen) atoms. The number of amides is 1. The van der Waals surface area contributed by atoms with Crippen LogP contribution < -0.4 is 15.4 Å². The molecule has 6 heteroatoms. The van der Waals surface area contributed by atoms with Gasteiger partial charge in [-0.15, -0.1) is 0 Å². The lowest BCUT2D eigenvalue weighted by Crippen LogP contribution is -2.38. The number of ether oxygens (including phenoxy) is 2. The summed E-state index contributed by atoms with van der Waals surface area (Å²) in [6, 6.07) is 5.75. The fourth-order valence-corrected chi connectivity index (χ4v) is 2.02. The van der Waals surface area contributed by atoms with Gasteiger partial charge in [-0.1, -0.05) is 15.9 Å². The summed E-state index contributed by atoms with van der Waals surface area (Å²) in [5.74, 6) is 0.752. The smallest absolute Gasteiger partial charge is 0.407 e. The standard InChI is InChI=1S/C15H23BrN2O3/c1-10(9-17-14(19)21-15(2,3)4)18-12-8-11(16)6-7-13(12)20-5/h6-8,10,18H,9H2,1-5H3,(H,17,19). The van der Waals surface area contributed by atoms with Gasteiger partial charge in [0.15, 0.2) is 0 Å². The minimum atomic E-state index is -0.492. The molecule has 5 nitrogen and oxygen atoms in total. The van der Waals surface area contributed by atoms with Gasteiger partial charge in [0.25, 0.3) is 0 Å². The zero-order valence-corrected chi connectivity index (χ0v) is 14.7. The van der Waals surface area contributed by atoms with Crippen LogP contribution in [0.25, 0.3) is 0 Å². The van der Waals surface area contributed by atoms with E-state index in [0.29, 0.717) is 6.54 Å². The van der Waals surface area contributed by atoms with Gasteiger partial charge in [-0.05, 0) is 45.9 Å². The first kappa shape index (κ1) is 17.6. The quantitative estimate of drug-likeness (QED) is 0.840. The van der Waals surface area contributed by atoms with Crippen molar-refractivity contribution in [3.63, 3.8) is 0 Å². The van der Waals surface area contributed by atoms with Gasteiger partial charge in [-0.3, -0.25) is 0 Å². The number of hydrogen-bond acceptors (Lipinski definition) is 4. The normalized spacial score (nSPS) is 12.5. The molecule has 1 atom stereocenters. The van der Waals surface area contributed by atoms with Gasteiger partial charge in [-0.2, -0.15) is 0 Å². The summed E-state index contributed by atoms with van der Waals surface area (Å²) >= 11 is 3.43. The van der Waals surface area contributed by atoms with E-state index in [1.54, 1.807) is 7.11 Å². The second-order valence-corrected chi connectivity index (χ2v) is 6.69. The van der Waals surface area contributed by atoms with Crippen molar-refractivity contribution in [2.45, 2.75) is 39.3 Å². The summed E-state index contributed by atoms with van der Waals surface area (Å²) in [6.07, 6.45) is -0.419. The lowest BCUT2D eigenvalue weighted by Gasteiger charge is -2.22. The molecule has 1 rings (SSSR count). The molecule has 0 aliphatic heterocycles. The number of anilines is 1. The zero-order valence-electron chi connectivity index (χ0n) is 13.1. The first-order valence-electron chi connectivity index (χ1n) is 6.78. The minimum absolute atomic E-state index is 0.0284. The molecule has 1 aromatic carbocycles. The summed E-state index contributed by atoms with van der Waals surface area (Å²) in [7, 11) is 1.62. The molecule has 0 bridgehead atoms. The molecule has 0 saturated heterocycles. The van der Waals surface area contributed by atoms with Crippen molar-refractivity contribution >= 4 is 27.7 Å². The number of halogens is 1. The molecule has 0 spiro atoms. The number of benzene rings is 1. The molecule has 0 aliphatic carbocycles. The lowest BCUT2D eigenvalue weighted by atomic mass is 10.2. The number of alkyl carbamates (subject to hydrolysis) is 1. The van der Waals surface area contributed by atoms with E-state index in [1.807, 2.05) is 45.9 Å². The number of nitrogens with one attached hydrogen (secondary N) is 2. The van der Waals surface area contributed by atoms with Gasteiger partial charge in [-0.25, -0.2) is 4.79 Å². The van der Waals surface area contributed by atoms with E-state index in [4.69, 9.17) is 9.47 Å². The van der Waals surface area contributed by atoms with Crippen LogP contribution in [0, 0.1) is 0 Å². The Hall–Kier alpha value is -1.43. The van der Waals surface area contributed by atoms with Crippen LogP contribution in [0.1, 0.15) is 27.7 Å². The molecular formula is C15H23BrN2O3. The Labute approximate surface area is 134 Å². The fourth-order valence-electron chi connectivity index (χ4n) is 1.66. The van der Waals surface area contributed by atoms with Crippen LogP contribution in [0.15, 0.2) is 22.7 Å². The van der Waals surface area contributed by atoms with Crippen molar-refractivity contribution < 1.29 is 14.3 Å². The summed E-state index contributed by atoms with van der Waals surface area (Å²) in [5.41, 5.74) is 0.374. The highest BCUT2D eigenvalue weighted by Crippen LogP contribution is 2.28. The number of hydrogen-bond donors (Lipinski definition) is 2. The molecule has 0 heterocycles. The van der Waals surface area contributed by atoms with Crippen LogP contribution >= 0.6 is 15.9 Å². The Balaban J connectivity index is 2.52. The summed E-state index contributed by atoms with van der Waals surface area (Å²) in [6.45, 7) is 7.92. The SMILES string of the molecule is COc1ccc(Br)cc1NC(C)CNC(=O)OC(C)(C)C. The number of methoxy groups -OCH3 is 1. The van der Waals surface area contributed by atoms with Crippen molar-refractivity contribution in [1.29, 1.82) is 0 Å². The molecular weight excluding hydrogens is 336 g/mol. The molecule has 0 aliphatic rings. The summed E-state index contributed by atoms with van der Waals surface area (Å²) in [5, 5.41) is 6.03. The van der Waals surface area contributed by atoms with Crippen LogP contribution in [0.4, 0.5) is 10.5 Å². The topological polar surface area (TPSA) is 59.6 Å². The van der Waals surface area contributed by atoms with Crippen molar-refractivity contribution in [2.75, 3.05) is 19.0 Å². The van der Waals surface area contributed by atoms with E-state index in [0.717, 1.165) is 15.9 Å². The van der Waals surface area contributed by atoms with E-state index in [2.05, 4.69) is 26.6 Å². The predicted octanol–water partition coefficient (Wildman–Crippen LogP) is 3.78. The van der Waals surface area contributed by atoms with Crippen LogP contribution in [0.2, 0.25) is 0 Å². The second kappa shape index (κ2) is 7.54. The monoisotopic (exact) mass is 358 g/mol. The molecule has 1 amide bonds. The third-order valence-electron chi connectivity index (χ3n) is 2.51. The highest BCUT2D eigenvalue weighted by Gasteiger charge is 2.16. The van der Waals surface area contributed by atoms with E-state index >= 15 is 0 Å². The maximum atomic E-state index is 11.6. The summed E-state index contributed by atoms with van der Waals surface area (Å²) in [4.78, 5) is 11.6. The van der Waals surface area contributed by atoms with Gasteiger partial charge >= 0.3 is 6.09 Å². The number of carbonyl (C=O) groups is 1. The van der Waals surface area contributed by atoms with Crippen LogP contribution in [-0.4, -0.2) is 31.4 Å². The molecule has 0 saturated carbocycles. The third kappa shape index (κ3) is 6.71. The van der Waals surface area contributed by atoms with Gasteiger partial charge in [0, 0.05) is 17.1 Å². The van der Waals surface area contributed by atoms with Gasteiger partial charge in [0.2, 0.25) is 0 Å². The highest BCUT2D eigenvalue weighted by atomic mass is 79.9. The molecule has 118 valence electrons. The average Bonchev–Trinajstić information content (AvgIpc) is 2.35. The predicted molar refractivity (Wildman–Crippen MR) is 88.0 cm³/mol. The van der Waals surface area contributed by atoms with E-state index in [1.165, 1.54) is 0 Å². The highest BCUT2D eigenvalue weighted by molar-refractivity contribution is 9.10. The maximum absolute atomic E-state index is 11.6. The van der Waals surface area contributed by atoms with E-state index < -0.39 is 11.7 Å². The molecule has 0 fully saturated rings. The first-order valence-corrected chi connectivity index (χ1v) is 7.57. The van der Waals surface area contributed by atoms with Crippen LogP contribution in [0.3, 0.4) is 0 Å². The third-order valence-corrected chi connectivity index (χ3v) is 3.01. The van der Waals surface area contributed by atoms with Gasteiger partial charge in [0.05, 0.1) is 12.8 Å². The Bertz CT molecular complexity index is 486. The molecule has 1 aromatic rings. The Morgan fingerprint density at radius 2 is 2.05 bits per heavy atom. The van der Waals surface area contributed by atoms with Gasteiger partial charge < -0.3 is 20.1 Å². The number of carbonyl (C=O) groups excluding carboxylic acids is 1. The molecule has 1 unspecified atom stereocenters. The molecule has 0 radical (unpaired) electrons. The molecule has 0 aromatic heterocycles. The van der Waals surface area contributed by atoms with Crippen LogP contribution in [-0.2, 0) is 4.74 Å². The maximum Gasteiger partial charge on any atom is 0.407 e. The summed E-state index contributed by atoms with van der Waals surface area (Å²) < 4.78 is 11.4. The molecule has 2 N–H and O–H groups in total. The Morgan fingerprint density at radius 1 is 1.38 bits per heavy atom. The number of rotatable bonds is 5. The average molecular weight is 359 g/mol. The fraction of sp³-hybridized carbons (Fsp3) is 0.533. The van der Waals surface area contributed by atoms with Crippen molar-refractivity contribution in [3.05, 3.63) is 22.7 Å². The van der Waals surface area contributed by atoms with E-state index in [-0.39, 0.29) is 6.04 Å². The van der Waals surface area contributed by atoms with Crippen molar-refractivity contribution in [2.24, 2.45) is 0 Å². The van der Waals surface area contributed by atoms with Crippen LogP contribution in [0.5, 0.6) is 5.75 Å². The Morgan fingerprint density at radius 3 is 2.62 bits per heavy atom. The Kier molecular flexibility index (Phi) is 6.33. The van der Waals surface area contributed by atoms with Gasteiger partial charge in [0.1, 0.15) is 11.4 Å². The van der Waals surface area contributed by atoms with Crippen molar-refractivity contribution in [3.8, 4) is 5.75 Å². The van der Waals surface area contributed by atoms with E-state index in [9.17, 15) is 4.79 Å². The second-order valence-electron chi connectivity index (χ2n) is 5.77. The van der Waals surface area contributed by atoms with Crippen molar-refractivity contribution in [1.82, 2.24) is 5.32 Å². The largest absolute Gasteiger partial charge is 0.495 e. The first-order chi connectivity index (χ1) is 9.71.